The van der Waals surface area contributed by atoms with E-state index in [0.717, 1.165) is 22.6 Å². The maximum atomic E-state index is 12.4. The van der Waals surface area contributed by atoms with Crippen molar-refractivity contribution >= 4 is 34.0 Å². The minimum Gasteiger partial charge on any atom is -0.300 e. The molecule has 1 saturated carbocycles. The average molecular weight is 356 g/mol. The summed E-state index contributed by atoms with van der Waals surface area (Å²) < 4.78 is 0. The third-order valence-electron chi connectivity index (χ3n) is 4.08. The van der Waals surface area contributed by atoms with Crippen LogP contribution in [0.5, 0.6) is 0 Å². The first-order chi connectivity index (χ1) is 11.7. The normalized spacial score (nSPS) is 19.0. The van der Waals surface area contributed by atoms with E-state index in [2.05, 4.69) is 15.5 Å². The number of nitrogens with zero attached hydrogens (tertiary/aromatic N) is 2. The van der Waals surface area contributed by atoms with Crippen LogP contribution in [0.4, 0.5) is 5.13 Å². The summed E-state index contributed by atoms with van der Waals surface area (Å²) in [6, 6.07) is 17.5. The van der Waals surface area contributed by atoms with E-state index in [4.69, 9.17) is 11.6 Å². The number of hydrogen-bond donors (Lipinski definition) is 1. The van der Waals surface area contributed by atoms with Crippen LogP contribution < -0.4 is 5.32 Å². The van der Waals surface area contributed by atoms with Crippen molar-refractivity contribution in [2.24, 2.45) is 5.92 Å². The Hall–Kier alpha value is -2.24. The highest BCUT2D eigenvalue weighted by Crippen LogP contribution is 2.48. The average Bonchev–Trinajstić information content (AvgIpc) is 3.28. The third kappa shape index (κ3) is 3.18. The molecule has 2 aromatic carbocycles. The van der Waals surface area contributed by atoms with Crippen LogP contribution in [0.1, 0.15) is 17.9 Å². The predicted octanol–water partition coefficient (Wildman–Crippen LogP) is 4.60. The van der Waals surface area contributed by atoms with E-state index in [1.165, 1.54) is 11.3 Å². The topological polar surface area (TPSA) is 54.9 Å². The molecule has 3 aromatic rings. The zero-order valence-corrected chi connectivity index (χ0v) is 14.2. The van der Waals surface area contributed by atoms with Gasteiger partial charge in [-0.3, -0.25) is 4.79 Å². The fourth-order valence-corrected chi connectivity index (χ4v) is 3.71. The molecule has 4 nitrogen and oxygen atoms in total. The Labute approximate surface area is 148 Å². The van der Waals surface area contributed by atoms with Crippen molar-refractivity contribution in [3.63, 3.8) is 0 Å². The van der Waals surface area contributed by atoms with Gasteiger partial charge in [0, 0.05) is 16.5 Å². The summed E-state index contributed by atoms with van der Waals surface area (Å²) in [6.45, 7) is 0. The van der Waals surface area contributed by atoms with Gasteiger partial charge in [0.25, 0.3) is 0 Å². The molecule has 1 fully saturated rings. The van der Waals surface area contributed by atoms with Crippen molar-refractivity contribution in [1.82, 2.24) is 10.2 Å². The predicted molar refractivity (Wildman–Crippen MR) is 96.3 cm³/mol. The second-order valence-electron chi connectivity index (χ2n) is 5.77. The first kappa shape index (κ1) is 15.3. The number of aromatic nitrogens is 2. The smallest absolute Gasteiger partial charge is 0.229 e. The van der Waals surface area contributed by atoms with Gasteiger partial charge in [0.2, 0.25) is 11.0 Å². The summed E-state index contributed by atoms with van der Waals surface area (Å²) in [5, 5.41) is 13.1. The van der Waals surface area contributed by atoms with Gasteiger partial charge in [-0.2, -0.15) is 0 Å². The van der Waals surface area contributed by atoms with Gasteiger partial charge in [0.05, 0.1) is 0 Å². The van der Waals surface area contributed by atoms with Crippen LogP contribution >= 0.6 is 22.9 Å². The molecule has 1 aromatic heterocycles. The van der Waals surface area contributed by atoms with Crippen LogP contribution in [0.2, 0.25) is 5.02 Å². The molecule has 1 aliphatic rings. The Morgan fingerprint density at radius 1 is 1.12 bits per heavy atom. The largest absolute Gasteiger partial charge is 0.300 e. The maximum absolute atomic E-state index is 12.4. The molecule has 0 saturated heterocycles. The lowest BCUT2D eigenvalue weighted by Gasteiger charge is -2.01. The number of carbonyl (C=O) groups is 1. The van der Waals surface area contributed by atoms with E-state index in [9.17, 15) is 4.79 Å². The number of anilines is 1. The molecule has 1 aliphatic carbocycles. The van der Waals surface area contributed by atoms with E-state index >= 15 is 0 Å². The van der Waals surface area contributed by atoms with Crippen molar-refractivity contribution < 1.29 is 4.79 Å². The lowest BCUT2D eigenvalue weighted by atomic mass is 10.1. The van der Waals surface area contributed by atoms with Gasteiger partial charge in [0.1, 0.15) is 5.01 Å². The van der Waals surface area contributed by atoms with Gasteiger partial charge in [-0.05, 0) is 30.0 Å². The molecule has 2 atom stereocenters. The summed E-state index contributed by atoms with van der Waals surface area (Å²) in [5.41, 5.74) is 2.11. The minimum absolute atomic E-state index is 0.00395. The maximum Gasteiger partial charge on any atom is 0.229 e. The van der Waals surface area contributed by atoms with E-state index in [1.807, 2.05) is 54.6 Å². The Morgan fingerprint density at radius 2 is 1.96 bits per heavy atom. The molecule has 0 spiro atoms. The highest BCUT2D eigenvalue weighted by atomic mass is 35.5. The van der Waals surface area contributed by atoms with Gasteiger partial charge < -0.3 is 5.32 Å². The van der Waals surface area contributed by atoms with Crippen LogP contribution in [0.15, 0.2) is 54.6 Å². The summed E-state index contributed by atoms with van der Waals surface area (Å²) >= 11 is 7.40. The summed E-state index contributed by atoms with van der Waals surface area (Å²) in [5.74, 6) is 0.216. The number of carbonyl (C=O) groups excluding carboxylic acids is 1. The van der Waals surface area contributed by atoms with Crippen LogP contribution in [0.3, 0.4) is 0 Å². The van der Waals surface area contributed by atoms with Crippen molar-refractivity contribution in [3.8, 4) is 10.6 Å². The zero-order chi connectivity index (χ0) is 16.5. The lowest BCUT2D eigenvalue weighted by molar-refractivity contribution is -0.117. The minimum atomic E-state index is -0.0208. The lowest BCUT2D eigenvalue weighted by Crippen LogP contribution is -2.14. The van der Waals surface area contributed by atoms with Gasteiger partial charge in [-0.25, -0.2) is 0 Å². The molecule has 0 bridgehead atoms. The molecule has 1 N–H and O–H groups in total. The van der Waals surface area contributed by atoms with E-state index in [1.54, 1.807) is 0 Å². The zero-order valence-electron chi connectivity index (χ0n) is 12.6. The molecule has 1 amide bonds. The Kier molecular flexibility index (Phi) is 4.04. The van der Waals surface area contributed by atoms with Crippen LogP contribution in [-0.2, 0) is 4.79 Å². The second-order valence-corrected chi connectivity index (χ2v) is 7.19. The molecular formula is C18H14ClN3OS. The Morgan fingerprint density at radius 3 is 2.75 bits per heavy atom. The number of halogens is 1. The van der Waals surface area contributed by atoms with Crippen molar-refractivity contribution in [1.29, 1.82) is 0 Å². The first-order valence-electron chi connectivity index (χ1n) is 7.66. The summed E-state index contributed by atoms with van der Waals surface area (Å²) in [7, 11) is 0. The summed E-state index contributed by atoms with van der Waals surface area (Å²) in [4.78, 5) is 12.4. The number of amides is 1. The fourth-order valence-electron chi connectivity index (χ4n) is 2.76. The molecular weight excluding hydrogens is 342 g/mol. The third-order valence-corrected chi connectivity index (χ3v) is 5.20. The van der Waals surface area contributed by atoms with Gasteiger partial charge in [0.15, 0.2) is 0 Å². The first-order valence-corrected chi connectivity index (χ1v) is 8.85. The monoisotopic (exact) mass is 355 g/mol. The van der Waals surface area contributed by atoms with Gasteiger partial charge >= 0.3 is 0 Å². The highest BCUT2D eigenvalue weighted by molar-refractivity contribution is 7.18. The van der Waals surface area contributed by atoms with E-state index < -0.39 is 0 Å². The summed E-state index contributed by atoms with van der Waals surface area (Å²) in [6.07, 6.45) is 0.844. The number of rotatable bonds is 4. The van der Waals surface area contributed by atoms with Crippen molar-refractivity contribution in [2.75, 3.05) is 5.32 Å². The van der Waals surface area contributed by atoms with Gasteiger partial charge in [-0.1, -0.05) is 65.4 Å². The number of hydrogen-bond acceptors (Lipinski definition) is 4. The molecule has 6 heteroatoms. The number of benzene rings is 2. The Bertz CT molecular complexity index is 881. The van der Waals surface area contributed by atoms with Crippen molar-refractivity contribution in [3.05, 3.63) is 65.2 Å². The molecule has 2 unspecified atom stereocenters. The molecule has 4 rings (SSSR count). The SMILES string of the molecule is O=C(Nc1nnc(-c2ccccc2)s1)C1CC1c1cccc(Cl)c1. The van der Waals surface area contributed by atoms with E-state index in [-0.39, 0.29) is 17.7 Å². The molecule has 120 valence electrons. The van der Waals surface area contributed by atoms with Gasteiger partial charge in [-0.15, -0.1) is 10.2 Å². The molecule has 24 heavy (non-hydrogen) atoms. The molecule has 0 radical (unpaired) electrons. The van der Waals surface area contributed by atoms with Crippen LogP contribution in [-0.4, -0.2) is 16.1 Å². The standard InChI is InChI=1S/C18H14ClN3OS/c19-13-8-4-7-12(9-13)14-10-15(14)16(23)20-18-22-21-17(24-18)11-5-2-1-3-6-11/h1-9,14-15H,10H2,(H,20,22,23). The van der Waals surface area contributed by atoms with Crippen LogP contribution in [0.25, 0.3) is 10.6 Å². The molecule has 1 heterocycles. The second kappa shape index (κ2) is 6.34. The quantitative estimate of drug-likeness (QED) is 0.744. The van der Waals surface area contributed by atoms with Crippen molar-refractivity contribution in [2.45, 2.75) is 12.3 Å². The highest BCUT2D eigenvalue weighted by Gasteiger charge is 2.44. The van der Waals surface area contributed by atoms with Crippen LogP contribution in [0, 0.1) is 5.92 Å². The molecule has 0 aliphatic heterocycles. The fraction of sp³-hybridized carbons (Fsp3) is 0.167. The Balaban J connectivity index is 1.42. The number of nitrogens with one attached hydrogen (secondary N) is 1. The van der Waals surface area contributed by atoms with E-state index in [0.29, 0.717) is 10.2 Å².